The summed E-state index contributed by atoms with van der Waals surface area (Å²) < 4.78 is 0. The summed E-state index contributed by atoms with van der Waals surface area (Å²) in [4.78, 5) is 35.8. The van der Waals surface area contributed by atoms with Gasteiger partial charge in [-0.25, -0.2) is 0 Å². The van der Waals surface area contributed by atoms with Gasteiger partial charge in [-0.1, -0.05) is 38.5 Å². The van der Waals surface area contributed by atoms with Crippen LogP contribution in [0.15, 0.2) is 46.4 Å². The summed E-state index contributed by atoms with van der Waals surface area (Å²) in [6, 6.07) is 0. The standard InChI is InChI=1S/C24H31NO5/c1-13-6-5-7-17-21(13)14(2)10-15(3)24(17,4)12-16-22(29)18(11-19(26)23(16)30)25-9-8-20(27)28/h11,14-15,25,29H,1,5-10,12H2,2-4H3,(H,27,28)/t14-,15+,24-/m1/s1. The molecular weight excluding hydrogens is 382 g/mol. The van der Waals surface area contributed by atoms with E-state index in [4.69, 9.17) is 5.11 Å². The van der Waals surface area contributed by atoms with Crippen LogP contribution in [0.1, 0.15) is 59.3 Å². The van der Waals surface area contributed by atoms with Crippen LogP contribution in [-0.4, -0.2) is 34.3 Å². The quantitative estimate of drug-likeness (QED) is 0.449. The van der Waals surface area contributed by atoms with Crippen molar-refractivity contribution in [3.8, 4) is 0 Å². The largest absolute Gasteiger partial charge is 0.505 e. The molecule has 3 aliphatic rings. The minimum Gasteiger partial charge on any atom is -0.505 e. The normalized spacial score (nSPS) is 29.7. The molecule has 3 rings (SSSR count). The van der Waals surface area contributed by atoms with E-state index in [2.05, 4.69) is 32.7 Å². The fourth-order valence-corrected chi connectivity index (χ4v) is 5.34. The Hall–Kier alpha value is -2.63. The summed E-state index contributed by atoms with van der Waals surface area (Å²) in [5.74, 6) is -1.91. The molecule has 3 N–H and O–H groups in total. The summed E-state index contributed by atoms with van der Waals surface area (Å²) in [6.07, 6.45) is 5.09. The van der Waals surface area contributed by atoms with Crippen LogP contribution in [0.2, 0.25) is 0 Å². The van der Waals surface area contributed by atoms with E-state index in [0.717, 1.165) is 31.8 Å². The second-order valence-electron chi connectivity index (χ2n) is 9.13. The van der Waals surface area contributed by atoms with Crippen molar-refractivity contribution in [1.29, 1.82) is 0 Å². The number of ketones is 2. The molecule has 0 saturated carbocycles. The number of carbonyl (C=O) groups is 3. The molecule has 0 saturated heterocycles. The van der Waals surface area contributed by atoms with Crippen molar-refractivity contribution in [3.63, 3.8) is 0 Å². The number of aliphatic carboxylic acids is 1. The molecule has 0 heterocycles. The van der Waals surface area contributed by atoms with Gasteiger partial charge in [0.1, 0.15) is 5.76 Å². The topological polar surface area (TPSA) is 104 Å². The maximum atomic E-state index is 12.7. The van der Waals surface area contributed by atoms with Gasteiger partial charge in [-0.15, -0.1) is 0 Å². The average Bonchev–Trinajstić information content (AvgIpc) is 2.67. The van der Waals surface area contributed by atoms with E-state index >= 15 is 0 Å². The number of hydrogen-bond acceptors (Lipinski definition) is 5. The van der Waals surface area contributed by atoms with Crippen LogP contribution in [-0.2, 0) is 14.4 Å². The van der Waals surface area contributed by atoms with Gasteiger partial charge in [0, 0.05) is 18.2 Å². The molecule has 0 aromatic rings. The number of aliphatic hydroxyl groups excluding tert-OH is 1. The number of hydrogen-bond donors (Lipinski definition) is 3. The van der Waals surface area contributed by atoms with E-state index in [1.165, 1.54) is 16.7 Å². The summed E-state index contributed by atoms with van der Waals surface area (Å²) >= 11 is 0. The molecule has 0 amide bonds. The van der Waals surface area contributed by atoms with Gasteiger partial charge in [0.15, 0.2) is 0 Å². The van der Waals surface area contributed by atoms with Crippen LogP contribution >= 0.6 is 0 Å². The third kappa shape index (κ3) is 3.87. The number of Topliss-reactive ketones (excluding diaryl/α,β-unsaturated/α-hetero) is 1. The highest BCUT2D eigenvalue weighted by Crippen LogP contribution is 2.55. The number of allylic oxidation sites excluding steroid dienone is 5. The Kier molecular flexibility index (Phi) is 6.06. The Labute approximate surface area is 177 Å². The smallest absolute Gasteiger partial charge is 0.305 e. The molecule has 3 aliphatic carbocycles. The zero-order valence-corrected chi connectivity index (χ0v) is 18.0. The lowest BCUT2D eigenvalue weighted by atomic mass is 9.56. The van der Waals surface area contributed by atoms with E-state index < -0.39 is 17.5 Å². The zero-order valence-electron chi connectivity index (χ0n) is 18.0. The molecule has 0 radical (unpaired) electrons. The van der Waals surface area contributed by atoms with Crippen LogP contribution in [0.4, 0.5) is 0 Å². The van der Waals surface area contributed by atoms with E-state index in [1.54, 1.807) is 0 Å². The lowest BCUT2D eigenvalue weighted by molar-refractivity contribution is -0.136. The minimum absolute atomic E-state index is 0.0558. The number of aliphatic hydroxyl groups is 1. The van der Waals surface area contributed by atoms with Gasteiger partial charge >= 0.3 is 5.97 Å². The highest BCUT2D eigenvalue weighted by atomic mass is 16.4. The molecule has 162 valence electrons. The Bertz CT molecular complexity index is 907. The summed E-state index contributed by atoms with van der Waals surface area (Å²) in [5, 5.41) is 22.4. The Balaban J connectivity index is 1.98. The van der Waals surface area contributed by atoms with Crippen molar-refractivity contribution in [2.45, 2.75) is 59.3 Å². The number of carboxylic acids is 1. The number of rotatable bonds is 6. The monoisotopic (exact) mass is 413 g/mol. The number of nitrogens with one attached hydrogen (secondary N) is 1. The summed E-state index contributed by atoms with van der Waals surface area (Å²) in [5.41, 5.74) is 3.67. The van der Waals surface area contributed by atoms with Crippen LogP contribution in [0.3, 0.4) is 0 Å². The van der Waals surface area contributed by atoms with Gasteiger partial charge in [0.05, 0.1) is 12.1 Å². The summed E-state index contributed by atoms with van der Waals surface area (Å²) in [6.45, 7) is 10.9. The molecular formula is C24H31NO5. The number of carboxylic acid groups (broad SMARTS) is 1. The molecule has 0 bridgehead atoms. The molecule has 0 unspecified atom stereocenters. The molecule has 0 spiro atoms. The van der Waals surface area contributed by atoms with E-state index in [1.807, 2.05) is 0 Å². The van der Waals surface area contributed by atoms with Gasteiger partial charge in [-0.3, -0.25) is 14.4 Å². The summed E-state index contributed by atoms with van der Waals surface area (Å²) in [7, 11) is 0. The predicted molar refractivity (Wildman–Crippen MR) is 114 cm³/mol. The molecule has 0 fully saturated rings. The first-order valence-corrected chi connectivity index (χ1v) is 10.7. The van der Waals surface area contributed by atoms with Crippen molar-refractivity contribution >= 4 is 17.5 Å². The molecule has 30 heavy (non-hydrogen) atoms. The highest BCUT2D eigenvalue weighted by Gasteiger charge is 2.46. The van der Waals surface area contributed by atoms with E-state index in [9.17, 15) is 19.5 Å². The van der Waals surface area contributed by atoms with Gasteiger partial charge in [0.2, 0.25) is 11.6 Å². The van der Waals surface area contributed by atoms with Gasteiger partial charge in [0.25, 0.3) is 0 Å². The third-order valence-electron chi connectivity index (χ3n) is 7.10. The highest BCUT2D eigenvalue weighted by molar-refractivity contribution is 6.48. The van der Waals surface area contributed by atoms with Crippen molar-refractivity contribution in [1.82, 2.24) is 5.32 Å². The molecule has 0 aromatic heterocycles. The lowest BCUT2D eigenvalue weighted by Crippen LogP contribution is -2.39. The van der Waals surface area contributed by atoms with Crippen molar-refractivity contribution in [2.75, 3.05) is 6.54 Å². The van der Waals surface area contributed by atoms with Crippen LogP contribution in [0.5, 0.6) is 0 Å². The Morgan fingerprint density at radius 3 is 2.67 bits per heavy atom. The van der Waals surface area contributed by atoms with Gasteiger partial charge < -0.3 is 15.5 Å². The SMILES string of the molecule is C=C1CCCC2=C1[C@H](C)C[C@H](C)[C@@]2(C)CC1=C(O)C(NCCC(=O)O)=CC(=O)C1=O. The van der Waals surface area contributed by atoms with E-state index in [-0.39, 0.29) is 47.7 Å². The molecule has 3 atom stereocenters. The van der Waals surface area contributed by atoms with Crippen LogP contribution in [0.25, 0.3) is 0 Å². The first-order valence-electron chi connectivity index (χ1n) is 10.7. The Morgan fingerprint density at radius 1 is 1.30 bits per heavy atom. The van der Waals surface area contributed by atoms with Crippen molar-refractivity contribution in [3.05, 3.63) is 46.4 Å². The van der Waals surface area contributed by atoms with Gasteiger partial charge in [-0.05, 0) is 54.9 Å². The first-order chi connectivity index (χ1) is 14.1. The fourth-order valence-electron chi connectivity index (χ4n) is 5.34. The second-order valence-corrected chi connectivity index (χ2v) is 9.13. The van der Waals surface area contributed by atoms with Crippen LogP contribution < -0.4 is 5.32 Å². The number of carbonyl (C=O) groups excluding carboxylic acids is 2. The first kappa shape index (κ1) is 22.1. The van der Waals surface area contributed by atoms with Crippen molar-refractivity contribution < 1.29 is 24.6 Å². The second kappa shape index (κ2) is 8.25. The van der Waals surface area contributed by atoms with Crippen LogP contribution in [0, 0.1) is 17.3 Å². The average molecular weight is 414 g/mol. The molecule has 6 heteroatoms. The third-order valence-corrected chi connectivity index (χ3v) is 7.10. The fraction of sp³-hybridized carbons (Fsp3) is 0.542. The van der Waals surface area contributed by atoms with Crippen molar-refractivity contribution in [2.24, 2.45) is 17.3 Å². The van der Waals surface area contributed by atoms with Gasteiger partial charge in [-0.2, -0.15) is 0 Å². The maximum Gasteiger partial charge on any atom is 0.305 e. The molecule has 6 nitrogen and oxygen atoms in total. The minimum atomic E-state index is -0.986. The molecule has 0 aliphatic heterocycles. The van der Waals surface area contributed by atoms with E-state index in [0.29, 0.717) is 5.92 Å². The predicted octanol–water partition coefficient (Wildman–Crippen LogP) is 4.01. The lowest BCUT2D eigenvalue weighted by Gasteiger charge is -2.48. The maximum absolute atomic E-state index is 12.7. The zero-order chi connectivity index (χ0) is 22.2. The Morgan fingerprint density at radius 2 is 2.00 bits per heavy atom. The molecule has 0 aromatic carbocycles.